The second-order valence-electron chi connectivity index (χ2n) is 8.50. The zero-order valence-electron chi connectivity index (χ0n) is 24.1. The molecule has 228 valence electrons. The third kappa shape index (κ3) is 7.90. The summed E-state index contributed by atoms with van der Waals surface area (Å²) >= 11 is 0. The number of benzene rings is 2. The summed E-state index contributed by atoms with van der Waals surface area (Å²) in [7, 11) is -7.68. The fraction of sp³-hybridized carbons (Fsp3) is 0.276. The minimum Gasteiger partial charge on any atom is -0.432 e. The SMILES string of the molecule is CC.CC.O=C(CNC(=O)[C@H](CCS(=O)(=O)c1ccccc1)N=C1NS(=O)(=O)c2ccccc21)c1nc2ncccc2o1. The van der Waals surface area contributed by atoms with Gasteiger partial charge in [-0.2, -0.15) is 4.98 Å². The van der Waals surface area contributed by atoms with Crippen molar-refractivity contribution >= 4 is 48.6 Å². The molecule has 2 N–H and O–H groups in total. The van der Waals surface area contributed by atoms with Crippen molar-refractivity contribution in [1.29, 1.82) is 0 Å². The number of nitrogens with one attached hydrogen (secondary N) is 2. The van der Waals surface area contributed by atoms with Crippen molar-refractivity contribution in [1.82, 2.24) is 20.0 Å². The maximum atomic E-state index is 13.2. The number of hydrogen-bond donors (Lipinski definition) is 2. The number of hydrogen-bond acceptors (Lipinski definition) is 10. The molecule has 43 heavy (non-hydrogen) atoms. The Morgan fingerprint density at radius 2 is 1.65 bits per heavy atom. The van der Waals surface area contributed by atoms with Crippen molar-refractivity contribution in [3.05, 3.63) is 84.4 Å². The molecule has 0 radical (unpaired) electrons. The van der Waals surface area contributed by atoms with E-state index in [1.807, 2.05) is 27.7 Å². The van der Waals surface area contributed by atoms with Gasteiger partial charge in [-0.05, 0) is 42.8 Å². The summed E-state index contributed by atoms with van der Waals surface area (Å²) in [6, 6.07) is 15.6. The van der Waals surface area contributed by atoms with Crippen LogP contribution in [-0.4, -0.2) is 62.7 Å². The van der Waals surface area contributed by atoms with Gasteiger partial charge in [-0.1, -0.05) is 58.0 Å². The van der Waals surface area contributed by atoms with E-state index in [0.717, 1.165) is 0 Å². The first-order chi connectivity index (χ1) is 20.6. The lowest BCUT2D eigenvalue weighted by Crippen LogP contribution is -2.39. The van der Waals surface area contributed by atoms with Crippen molar-refractivity contribution < 1.29 is 30.8 Å². The van der Waals surface area contributed by atoms with Gasteiger partial charge >= 0.3 is 0 Å². The molecule has 1 amide bonds. The van der Waals surface area contributed by atoms with Crippen molar-refractivity contribution in [2.45, 2.75) is 49.9 Å². The maximum Gasteiger partial charge on any atom is 0.267 e. The van der Waals surface area contributed by atoms with E-state index in [2.05, 4.69) is 25.0 Å². The molecule has 0 bridgehead atoms. The molecule has 5 rings (SSSR count). The first-order valence-electron chi connectivity index (χ1n) is 13.6. The number of sulfone groups is 1. The van der Waals surface area contributed by atoms with Crippen molar-refractivity contribution in [3.8, 4) is 0 Å². The molecule has 2 aromatic heterocycles. The van der Waals surface area contributed by atoms with Crippen LogP contribution in [0.25, 0.3) is 11.2 Å². The highest BCUT2D eigenvalue weighted by molar-refractivity contribution is 7.91. The van der Waals surface area contributed by atoms with E-state index in [4.69, 9.17) is 4.42 Å². The Labute approximate surface area is 250 Å². The van der Waals surface area contributed by atoms with Crippen LogP contribution >= 0.6 is 0 Å². The van der Waals surface area contributed by atoms with Crippen LogP contribution in [0.5, 0.6) is 0 Å². The van der Waals surface area contributed by atoms with Gasteiger partial charge in [0.15, 0.2) is 21.1 Å². The van der Waals surface area contributed by atoms with E-state index in [9.17, 15) is 26.4 Å². The zero-order valence-corrected chi connectivity index (χ0v) is 25.8. The molecule has 0 saturated carbocycles. The maximum absolute atomic E-state index is 13.2. The molecule has 1 aliphatic heterocycles. The minimum absolute atomic E-state index is 0.0143. The number of carbonyl (C=O) groups excluding carboxylic acids is 2. The minimum atomic E-state index is -3.90. The Bertz CT molecular complexity index is 1790. The summed E-state index contributed by atoms with van der Waals surface area (Å²) in [6.07, 6.45) is 1.21. The molecule has 1 atom stereocenters. The van der Waals surface area contributed by atoms with Gasteiger partial charge in [0.2, 0.25) is 11.7 Å². The number of carbonyl (C=O) groups is 2. The average Bonchev–Trinajstić information content (AvgIpc) is 3.58. The zero-order chi connectivity index (χ0) is 31.6. The Balaban J connectivity index is 0.00000121. The Kier molecular flexibility index (Phi) is 11.3. The quantitative estimate of drug-likeness (QED) is 0.263. The number of ketones is 1. The number of nitrogens with zero attached hydrogens (tertiary/aromatic N) is 3. The summed E-state index contributed by atoms with van der Waals surface area (Å²) < 4.78 is 58.4. The van der Waals surface area contributed by atoms with E-state index >= 15 is 0 Å². The van der Waals surface area contributed by atoms with Gasteiger partial charge in [0.25, 0.3) is 15.9 Å². The van der Waals surface area contributed by atoms with E-state index in [1.165, 1.54) is 30.5 Å². The van der Waals surface area contributed by atoms with Gasteiger partial charge in [-0.25, -0.2) is 21.8 Å². The monoisotopic (exact) mass is 627 g/mol. The lowest BCUT2D eigenvalue weighted by molar-refractivity contribution is -0.122. The molecule has 4 aromatic rings. The molecule has 12 nitrogen and oxygen atoms in total. The van der Waals surface area contributed by atoms with Gasteiger partial charge in [-0.15, -0.1) is 0 Å². The number of amides is 1. The predicted molar refractivity (Wildman–Crippen MR) is 162 cm³/mol. The smallest absolute Gasteiger partial charge is 0.267 e. The highest BCUT2D eigenvalue weighted by atomic mass is 32.2. The molecule has 0 fully saturated rings. The van der Waals surface area contributed by atoms with Gasteiger partial charge in [0.05, 0.1) is 22.1 Å². The Hall–Kier alpha value is -4.43. The van der Waals surface area contributed by atoms with Crippen molar-refractivity contribution in [3.63, 3.8) is 0 Å². The fourth-order valence-corrected chi connectivity index (χ4v) is 6.48. The normalized spacial score (nSPS) is 14.7. The number of rotatable bonds is 9. The molecule has 2 aromatic carbocycles. The van der Waals surface area contributed by atoms with Gasteiger partial charge in [0.1, 0.15) is 11.9 Å². The van der Waals surface area contributed by atoms with Crippen molar-refractivity contribution in [2.24, 2.45) is 4.99 Å². The highest BCUT2D eigenvalue weighted by Gasteiger charge is 2.32. The molecule has 1 aliphatic rings. The van der Waals surface area contributed by atoms with Crippen LogP contribution in [-0.2, 0) is 24.7 Å². The van der Waals surface area contributed by atoms with Crippen LogP contribution in [0, 0.1) is 0 Å². The van der Waals surface area contributed by atoms with E-state index < -0.39 is 49.9 Å². The lowest BCUT2D eigenvalue weighted by Gasteiger charge is -2.14. The molecule has 3 heterocycles. The van der Waals surface area contributed by atoms with E-state index in [-0.39, 0.29) is 39.1 Å². The molecular formula is C29H33N5O7S2. The van der Waals surface area contributed by atoms with Gasteiger partial charge in [0, 0.05) is 11.8 Å². The highest BCUT2D eigenvalue weighted by Crippen LogP contribution is 2.23. The lowest BCUT2D eigenvalue weighted by atomic mass is 10.1. The van der Waals surface area contributed by atoms with Crippen molar-refractivity contribution in [2.75, 3.05) is 12.3 Å². The number of oxazole rings is 1. The third-order valence-corrected chi connectivity index (χ3v) is 9.00. The Morgan fingerprint density at radius 1 is 0.977 bits per heavy atom. The number of fused-ring (bicyclic) bond motifs is 2. The predicted octanol–water partition coefficient (Wildman–Crippen LogP) is 3.55. The molecule has 0 aliphatic carbocycles. The van der Waals surface area contributed by atoms with E-state index in [0.29, 0.717) is 5.58 Å². The summed E-state index contributed by atoms with van der Waals surface area (Å²) in [4.78, 5) is 38.1. The number of Topliss-reactive ketones (excluding diaryl/α,β-unsaturated/α-hetero) is 1. The van der Waals surface area contributed by atoms with Gasteiger partial charge < -0.3 is 9.73 Å². The molecule has 0 saturated heterocycles. The molecule has 14 heteroatoms. The van der Waals surface area contributed by atoms with Crippen LogP contribution in [0.4, 0.5) is 0 Å². The standard InChI is InChI=1S/C25H21N5O7S2.2C2H6/c31-19(25-29-23-20(37-25)10-6-13-26-23)15-27-24(32)18(12-14-38(33,34)16-7-2-1-3-8-16)28-22-17-9-4-5-11-21(17)39(35,36)30-22;2*1-2/h1-11,13,18H,12,14-15H2,(H,27,32)(H,28,30);2*1-2H3/t18-;;/m0../s1. The van der Waals surface area contributed by atoms with Crippen LogP contribution in [0.3, 0.4) is 0 Å². The van der Waals surface area contributed by atoms with Crippen LogP contribution < -0.4 is 10.0 Å². The Morgan fingerprint density at radius 3 is 2.35 bits per heavy atom. The van der Waals surface area contributed by atoms with E-state index in [1.54, 1.807) is 42.5 Å². The van der Waals surface area contributed by atoms with Crippen LogP contribution in [0.2, 0.25) is 0 Å². The second kappa shape index (κ2) is 14.6. The first-order valence-corrected chi connectivity index (χ1v) is 16.8. The number of amidine groups is 1. The first kappa shape index (κ1) is 33.1. The fourth-order valence-electron chi connectivity index (χ4n) is 3.90. The van der Waals surface area contributed by atoms with Gasteiger partial charge in [-0.3, -0.25) is 19.3 Å². The van der Waals surface area contributed by atoms with Crippen LogP contribution in [0.1, 0.15) is 50.4 Å². The molecule has 0 spiro atoms. The molecule has 0 unspecified atom stereocenters. The second-order valence-corrected chi connectivity index (χ2v) is 12.3. The largest absolute Gasteiger partial charge is 0.432 e. The number of aliphatic imine (C=N–C) groups is 1. The number of pyridine rings is 1. The van der Waals surface area contributed by atoms with Crippen LogP contribution in [0.15, 0.2) is 92.1 Å². The summed E-state index contributed by atoms with van der Waals surface area (Å²) in [5.74, 6) is -2.23. The third-order valence-electron chi connectivity index (χ3n) is 5.84. The average molecular weight is 628 g/mol. The number of sulfonamides is 1. The summed E-state index contributed by atoms with van der Waals surface area (Å²) in [6.45, 7) is 7.49. The summed E-state index contributed by atoms with van der Waals surface area (Å²) in [5.41, 5.74) is 0.778. The topological polar surface area (TPSA) is 178 Å². The summed E-state index contributed by atoms with van der Waals surface area (Å²) in [5, 5.41) is 2.43. The number of aromatic nitrogens is 2. The molecular weight excluding hydrogens is 594 g/mol.